The second-order valence-electron chi connectivity index (χ2n) is 10.1. The van der Waals surface area contributed by atoms with Crippen LogP contribution in [0.4, 0.5) is 0 Å². The number of aromatic amines is 1. The molecule has 1 aliphatic heterocycles. The smallest absolute Gasteiger partial charge is 0.256 e. The summed E-state index contributed by atoms with van der Waals surface area (Å²) in [6.45, 7) is 5.26. The average molecular weight is 564 g/mol. The summed E-state index contributed by atoms with van der Waals surface area (Å²) < 4.78 is 35.1. The van der Waals surface area contributed by atoms with Gasteiger partial charge in [0.15, 0.2) is 0 Å². The number of hydrogen-bond acceptors (Lipinski definition) is 6. The summed E-state index contributed by atoms with van der Waals surface area (Å²) in [5.74, 6) is 0.408. The van der Waals surface area contributed by atoms with E-state index in [9.17, 15) is 18.0 Å². The second-order valence-corrected chi connectivity index (χ2v) is 12.1. The van der Waals surface area contributed by atoms with Crippen molar-refractivity contribution in [1.29, 1.82) is 0 Å². The molecule has 0 unspecified atom stereocenters. The zero-order chi connectivity index (χ0) is 28.4. The summed E-state index contributed by atoms with van der Waals surface area (Å²) in [5.41, 5.74) is 3.07. The summed E-state index contributed by atoms with van der Waals surface area (Å²) in [4.78, 5) is 32.9. The van der Waals surface area contributed by atoms with E-state index in [4.69, 9.17) is 4.74 Å². The Kier molecular flexibility index (Phi) is 7.77. The highest BCUT2D eigenvalue weighted by atomic mass is 32.2. The molecule has 0 saturated carbocycles. The van der Waals surface area contributed by atoms with Crippen LogP contribution in [0.1, 0.15) is 40.2 Å². The molecule has 3 aromatic heterocycles. The van der Waals surface area contributed by atoms with Gasteiger partial charge in [0.05, 0.1) is 24.8 Å². The molecule has 4 aromatic rings. The molecule has 40 heavy (non-hydrogen) atoms. The number of rotatable bonds is 8. The van der Waals surface area contributed by atoms with Gasteiger partial charge in [0, 0.05) is 54.3 Å². The van der Waals surface area contributed by atoms with Crippen LogP contribution in [0.5, 0.6) is 5.75 Å². The lowest BCUT2D eigenvalue weighted by Gasteiger charge is -2.31. The molecule has 1 aliphatic rings. The number of carbonyl (C=O) groups is 1. The number of pyridine rings is 2. The molecule has 1 amide bonds. The van der Waals surface area contributed by atoms with Crippen LogP contribution in [0.2, 0.25) is 0 Å². The summed E-state index contributed by atoms with van der Waals surface area (Å²) in [7, 11) is -2.07. The maximum atomic E-state index is 13.5. The topological polar surface area (TPSA) is 126 Å². The quantitative estimate of drug-likeness (QED) is 0.339. The van der Waals surface area contributed by atoms with Gasteiger partial charge in [-0.25, -0.2) is 8.42 Å². The van der Waals surface area contributed by atoms with Crippen LogP contribution in [0.3, 0.4) is 0 Å². The van der Waals surface area contributed by atoms with Gasteiger partial charge < -0.3 is 19.6 Å². The first-order valence-electron chi connectivity index (χ1n) is 13.2. The monoisotopic (exact) mass is 563 g/mol. The number of para-hydroxylation sites is 1. The van der Waals surface area contributed by atoms with Gasteiger partial charge in [0.1, 0.15) is 10.6 Å². The molecule has 11 heteroatoms. The van der Waals surface area contributed by atoms with Gasteiger partial charge in [0.25, 0.3) is 11.5 Å². The molecule has 210 valence electrons. The predicted molar refractivity (Wildman–Crippen MR) is 152 cm³/mol. The third kappa shape index (κ3) is 5.26. The van der Waals surface area contributed by atoms with Crippen LogP contribution >= 0.6 is 0 Å². The number of nitrogens with one attached hydrogen (secondary N) is 2. The Morgan fingerprint density at radius 3 is 2.60 bits per heavy atom. The lowest BCUT2D eigenvalue weighted by atomic mass is 9.98. The first kappa shape index (κ1) is 27.6. The summed E-state index contributed by atoms with van der Waals surface area (Å²) in [6.07, 6.45) is 4.36. The number of sulfonamides is 1. The maximum Gasteiger partial charge on any atom is 0.256 e. The number of hydrogen-bond donors (Lipinski definition) is 2. The van der Waals surface area contributed by atoms with Crippen LogP contribution in [0, 0.1) is 19.8 Å². The molecule has 4 heterocycles. The average Bonchev–Trinajstić information content (AvgIpc) is 3.23. The van der Waals surface area contributed by atoms with Crippen molar-refractivity contribution in [1.82, 2.24) is 24.2 Å². The number of ether oxygens (including phenoxy) is 1. The Hall–Kier alpha value is -3.96. The fourth-order valence-electron chi connectivity index (χ4n) is 5.48. The molecular weight excluding hydrogens is 530 g/mol. The highest BCUT2D eigenvalue weighted by Gasteiger charge is 2.30. The van der Waals surface area contributed by atoms with Crippen molar-refractivity contribution in [3.05, 3.63) is 87.7 Å². The van der Waals surface area contributed by atoms with E-state index in [-0.39, 0.29) is 28.8 Å². The zero-order valence-corrected chi connectivity index (χ0v) is 23.6. The van der Waals surface area contributed by atoms with E-state index in [0.717, 1.165) is 16.6 Å². The Morgan fingerprint density at radius 2 is 1.90 bits per heavy atom. The fourth-order valence-corrected chi connectivity index (χ4v) is 6.92. The van der Waals surface area contributed by atoms with Gasteiger partial charge in [-0.05, 0) is 56.9 Å². The number of nitrogens with zero attached hydrogens (tertiary/aromatic N) is 3. The maximum absolute atomic E-state index is 13.5. The molecule has 0 radical (unpaired) electrons. The molecule has 5 rings (SSSR count). The summed E-state index contributed by atoms with van der Waals surface area (Å²) in [6, 6.07) is 12.7. The van der Waals surface area contributed by atoms with E-state index in [1.165, 1.54) is 17.6 Å². The van der Waals surface area contributed by atoms with Gasteiger partial charge in [-0.3, -0.25) is 14.6 Å². The molecule has 0 bridgehead atoms. The minimum Gasteiger partial charge on any atom is -0.496 e. The number of methoxy groups -OCH3 is 1. The van der Waals surface area contributed by atoms with E-state index in [0.29, 0.717) is 55.0 Å². The van der Waals surface area contributed by atoms with Gasteiger partial charge in [-0.2, -0.15) is 4.31 Å². The van der Waals surface area contributed by atoms with Crippen LogP contribution in [0.25, 0.3) is 10.9 Å². The molecular formula is C29H33N5O5S. The number of aryl methyl sites for hydroxylation is 1. The summed E-state index contributed by atoms with van der Waals surface area (Å²) in [5, 5.41) is 3.74. The number of carbonyl (C=O) groups excluding carboxylic acids is 1. The number of aromatic nitrogens is 3. The Bertz CT molecular complexity index is 1700. The molecule has 0 aliphatic carbocycles. The summed E-state index contributed by atoms with van der Waals surface area (Å²) >= 11 is 0. The number of piperidine rings is 1. The van der Waals surface area contributed by atoms with Crippen molar-refractivity contribution in [2.75, 3.05) is 20.2 Å². The van der Waals surface area contributed by atoms with Crippen molar-refractivity contribution in [2.24, 2.45) is 5.92 Å². The minimum atomic E-state index is -3.57. The third-order valence-electron chi connectivity index (χ3n) is 7.62. The molecule has 1 aromatic carbocycles. The minimum absolute atomic E-state index is 0.0282. The number of amides is 1. The normalized spacial score (nSPS) is 14.9. The highest BCUT2D eigenvalue weighted by Crippen LogP contribution is 2.30. The van der Waals surface area contributed by atoms with Crippen LogP contribution in [-0.2, 0) is 23.1 Å². The first-order chi connectivity index (χ1) is 19.2. The van der Waals surface area contributed by atoms with Crippen molar-refractivity contribution in [2.45, 2.75) is 44.7 Å². The molecule has 2 N–H and O–H groups in total. The van der Waals surface area contributed by atoms with Gasteiger partial charge in [0.2, 0.25) is 10.0 Å². The van der Waals surface area contributed by atoms with E-state index in [2.05, 4.69) is 19.9 Å². The third-order valence-corrected chi connectivity index (χ3v) is 9.50. The number of fused-ring (bicyclic) bond motifs is 1. The van der Waals surface area contributed by atoms with Crippen LogP contribution in [0.15, 0.2) is 64.5 Å². The van der Waals surface area contributed by atoms with Gasteiger partial charge >= 0.3 is 0 Å². The van der Waals surface area contributed by atoms with E-state index in [1.54, 1.807) is 31.3 Å². The van der Waals surface area contributed by atoms with Crippen molar-refractivity contribution >= 4 is 26.8 Å². The lowest BCUT2D eigenvalue weighted by Crippen LogP contribution is -2.39. The van der Waals surface area contributed by atoms with E-state index < -0.39 is 10.0 Å². The molecule has 10 nitrogen and oxygen atoms in total. The van der Waals surface area contributed by atoms with Gasteiger partial charge in [-0.1, -0.05) is 18.2 Å². The van der Waals surface area contributed by atoms with E-state index in [1.807, 2.05) is 31.2 Å². The van der Waals surface area contributed by atoms with E-state index >= 15 is 0 Å². The SMILES string of the molecule is COc1cc(C)[nH]c(=O)c1CNC(=O)c1c(C)n(CC2CCN(S(=O)(=O)c3cccnc3)CC2)c2ccccc12. The van der Waals surface area contributed by atoms with Crippen molar-refractivity contribution in [3.8, 4) is 5.75 Å². The second kappa shape index (κ2) is 11.3. The van der Waals surface area contributed by atoms with Gasteiger partial charge in [-0.15, -0.1) is 0 Å². The Balaban J connectivity index is 1.34. The lowest BCUT2D eigenvalue weighted by molar-refractivity contribution is 0.0951. The highest BCUT2D eigenvalue weighted by molar-refractivity contribution is 7.89. The van der Waals surface area contributed by atoms with Crippen molar-refractivity contribution < 1.29 is 17.9 Å². The predicted octanol–water partition coefficient (Wildman–Crippen LogP) is 3.38. The van der Waals surface area contributed by atoms with Crippen LogP contribution < -0.4 is 15.6 Å². The molecule has 1 saturated heterocycles. The van der Waals surface area contributed by atoms with Crippen LogP contribution in [-0.4, -0.2) is 53.4 Å². The fraction of sp³-hybridized carbons (Fsp3) is 0.345. The largest absolute Gasteiger partial charge is 0.496 e. The number of H-pyrrole nitrogens is 1. The standard InChI is InChI=1S/C29H33N5O5S/c1-19-15-26(39-3)24(28(35)32-19)17-31-29(36)27-20(2)34(25-9-5-4-8-23(25)27)18-21-10-13-33(14-11-21)40(37,38)22-7-6-12-30-16-22/h4-9,12,15-16,21H,10-11,13-14,17-18H2,1-3H3,(H,31,36)(H,32,35). The molecule has 1 fully saturated rings. The molecule has 0 atom stereocenters. The van der Waals surface area contributed by atoms with Crippen molar-refractivity contribution in [3.63, 3.8) is 0 Å². The number of benzene rings is 1. The molecule has 0 spiro atoms. The first-order valence-corrected chi connectivity index (χ1v) is 14.7. The Labute approximate surface area is 233 Å². The zero-order valence-electron chi connectivity index (χ0n) is 22.8. The Morgan fingerprint density at radius 1 is 1.15 bits per heavy atom.